The molecule has 0 fully saturated rings. The number of benzene rings is 1. The van der Waals surface area contributed by atoms with Gasteiger partial charge in [-0.05, 0) is 23.1 Å². The van der Waals surface area contributed by atoms with Crippen LogP contribution in [0.25, 0.3) is 21.7 Å². The van der Waals surface area contributed by atoms with Gasteiger partial charge in [0, 0.05) is 5.56 Å². The van der Waals surface area contributed by atoms with Crippen LogP contribution in [-0.4, -0.2) is 16.6 Å². The summed E-state index contributed by atoms with van der Waals surface area (Å²) >= 11 is 2.78. The molecule has 0 atom stereocenters. The van der Waals surface area contributed by atoms with E-state index in [4.69, 9.17) is 5.73 Å². The average molecular weight is 351 g/mol. The van der Waals surface area contributed by atoms with Crippen molar-refractivity contribution in [1.29, 1.82) is 5.26 Å². The lowest BCUT2D eigenvalue weighted by molar-refractivity contribution is -0.115. The van der Waals surface area contributed by atoms with Crippen molar-refractivity contribution >= 4 is 29.0 Å². The molecule has 0 unspecified atom stereocenters. The number of thioether (sulfide) groups is 1. The summed E-state index contributed by atoms with van der Waals surface area (Å²) in [5, 5.41) is 12.1. The van der Waals surface area contributed by atoms with E-state index in [2.05, 4.69) is 11.1 Å². The molecule has 2 aromatic heterocycles. The maximum absolute atomic E-state index is 11.1. The van der Waals surface area contributed by atoms with Crippen molar-refractivity contribution in [3.05, 3.63) is 59.5 Å². The first kappa shape index (κ1) is 16.2. The number of nitriles is 1. The maximum atomic E-state index is 11.1. The number of primary amides is 1. The molecular formula is C18H13N3OS2. The Labute approximate surface area is 148 Å². The van der Waals surface area contributed by atoms with Gasteiger partial charge in [-0.15, -0.1) is 11.3 Å². The third kappa shape index (κ3) is 3.48. The molecule has 0 aliphatic rings. The molecule has 0 aliphatic carbocycles. The highest BCUT2D eigenvalue weighted by Crippen LogP contribution is 2.35. The molecule has 2 heterocycles. The molecule has 2 N–H and O–H groups in total. The van der Waals surface area contributed by atoms with Crippen LogP contribution < -0.4 is 5.73 Å². The van der Waals surface area contributed by atoms with E-state index >= 15 is 0 Å². The van der Waals surface area contributed by atoms with Gasteiger partial charge in [-0.3, -0.25) is 4.79 Å². The summed E-state index contributed by atoms with van der Waals surface area (Å²) in [5.74, 6) is -0.349. The van der Waals surface area contributed by atoms with Crippen molar-refractivity contribution in [3.8, 4) is 27.8 Å². The van der Waals surface area contributed by atoms with Gasteiger partial charge in [0.2, 0.25) is 5.91 Å². The van der Waals surface area contributed by atoms with Gasteiger partial charge in [0.05, 0.1) is 21.9 Å². The Bertz CT molecular complexity index is 900. The molecule has 3 rings (SSSR count). The molecule has 0 aliphatic heterocycles. The minimum atomic E-state index is -0.437. The molecule has 0 saturated heterocycles. The van der Waals surface area contributed by atoms with E-state index in [9.17, 15) is 10.1 Å². The van der Waals surface area contributed by atoms with E-state index in [-0.39, 0.29) is 5.75 Å². The van der Waals surface area contributed by atoms with Crippen LogP contribution in [0.2, 0.25) is 0 Å². The lowest BCUT2D eigenvalue weighted by Crippen LogP contribution is -2.13. The van der Waals surface area contributed by atoms with Gasteiger partial charge in [-0.2, -0.15) is 5.26 Å². The number of carbonyl (C=O) groups excluding carboxylic acids is 1. The fourth-order valence-electron chi connectivity index (χ4n) is 2.27. The highest BCUT2D eigenvalue weighted by atomic mass is 32.2. The average Bonchev–Trinajstić information content (AvgIpc) is 3.14. The van der Waals surface area contributed by atoms with Crippen molar-refractivity contribution in [3.63, 3.8) is 0 Å². The van der Waals surface area contributed by atoms with Crippen LogP contribution in [-0.2, 0) is 4.79 Å². The van der Waals surface area contributed by atoms with E-state index in [0.717, 1.165) is 21.7 Å². The first-order valence-electron chi connectivity index (χ1n) is 7.14. The fraction of sp³-hybridized carbons (Fsp3) is 0.0556. The molecular weight excluding hydrogens is 338 g/mol. The Hall–Kier alpha value is -2.62. The van der Waals surface area contributed by atoms with Crippen molar-refractivity contribution in [2.75, 3.05) is 5.75 Å². The van der Waals surface area contributed by atoms with E-state index in [0.29, 0.717) is 10.6 Å². The van der Waals surface area contributed by atoms with E-state index in [1.54, 1.807) is 11.3 Å². The van der Waals surface area contributed by atoms with Crippen molar-refractivity contribution in [2.24, 2.45) is 5.73 Å². The van der Waals surface area contributed by atoms with Gasteiger partial charge in [-0.1, -0.05) is 48.2 Å². The summed E-state index contributed by atoms with van der Waals surface area (Å²) in [7, 11) is 0. The quantitative estimate of drug-likeness (QED) is 0.706. The smallest absolute Gasteiger partial charge is 0.227 e. The van der Waals surface area contributed by atoms with Crippen LogP contribution in [0.15, 0.2) is 58.9 Å². The maximum Gasteiger partial charge on any atom is 0.227 e. The van der Waals surface area contributed by atoms with Gasteiger partial charge in [0.1, 0.15) is 11.1 Å². The van der Waals surface area contributed by atoms with Crippen LogP contribution in [0, 0.1) is 11.3 Å². The van der Waals surface area contributed by atoms with Crippen LogP contribution in [0.1, 0.15) is 5.56 Å². The number of thiophene rings is 1. The zero-order chi connectivity index (χ0) is 16.9. The lowest BCUT2D eigenvalue weighted by atomic mass is 10.0. The molecule has 3 aromatic rings. The number of hydrogen-bond donors (Lipinski definition) is 1. The lowest BCUT2D eigenvalue weighted by Gasteiger charge is -2.11. The van der Waals surface area contributed by atoms with Crippen LogP contribution in [0.4, 0.5) is 0 Å². The second-order valence-corrected chi connectivity index (χ2v) is 6.86. The largest absolute Gasteiger partial charge is 0.369 e. The van der Waals surface area contributed by atoms with Crippen LogP contribution in [0.3, 0.4) is 0 Å². The minimum absolute atomic E-state index is 0.0871. The van der Waals surface area contributed by atoms with Crippen LogP contribution in [0.5, 0.6) is 0 Å². The fourth-order valence-corrected chi connectivity index (χ4v) is 3.70. The molecule has 6 heteroatoms. The Kier molecular flexibility index (Phi) is 4.94. The third-order valence-electron chi connectivity index (χ3n) is 3.31. The van der Waals surface area contributed by atoms with E-state index in [1.807, 2.05) is 53.9 Å². The van der Waals surface area contributed by atoms with Gasteiger partial charge >= 0.3 is 0 Å². The second kappa shape index (κ2) is 7.30. The molecule has 0 spiro atoms. The highest BCUT2D eigenvalue weighted by Gasteiger charge is 2.16. The topological polar surface area (TPSA) is 79.8 Å². The monoisotopic (exact) mass is 351 g/mol. The van der Waals surface area contributed by atoms with Crippen molar-refractivity contribution < 1.29 is 4.79 Å². The second-order valence-electron chi connectivity index (χ2n) is 4.95. The number of nitrogens with zero attached hydrogens (tertiary/aromatic N) is 2. The van der Waals surface area contributed by atoms with Crippen molar-refractivity contribution in [2.45, 2.75) is 5.03 Å². The molecule has 0 bridgehead atoms. The standard InChI is InChI=1S/C18H13N3OS2/c19-10-14-13(12-5-2-1-3-6-12)9-15(16-7-4-8-23-16)21-18(14)24-11-17(20)22/h1-9H,11H2,(H2,20,22). The Morgan fingerprint density at radius 2 is 2.04 bits per heavy atom. The zero-order valence-electron chi connectivity index (χ0n) is 12.6. The van der Waals surface area contributed by atoms with E-state index in [1.165, 1.54) is 11.8 Å². The Morgan fingerprint density at radius 3 is 2.67 bits per heavy atom. The number of pyridine rings is 1. The molecule has 0 radical (unpaired) electrons. The Morgan fingerprint density at radius 1 is 1.25 bits per heavy atom. The number of rotatable bonds is 5. The number of hydrogen-bond acceptors (Lipinski definition) is 5. The van der Waals surface area contributed by atoms with Gasteiger partial charge < -0.3 is 5.73 Å². The summed E-state index contributed by atoms with van der Waals surface area (Å²) in [6, 6.07) is 17.8. The SMILES string of the molecule is N#Cc1c(-c2ccccc2)cc(-c2cccs2)nc1SCC(N)=O. The molecule has 1 amide bonds. The first-order valence-corrected chi connectivity index (χ1v) is 9.01. The van der Waals surface area contributed by atoms with E-state index < -0.39 is 5.91 Å². The summed E-state index contributed by atoms with van der Waals surface area (Å²) < 4.78 is 0. The molecule has 24 heavy (non-hydrogen) atoms. The predicted molar refractivity (Wildman–Crippen MR) is 97.6 cm³/mol. The first-order chi connectivity index (χ1) is 11.7. The van der Waals surface area contributed by atoms with Crippen molar-refractivity contribution in [1.82, 2.24) is 4.98 Å². The number of aromatic nitrogens is 1. The number of nitrogens with two attached hydrogens (primary N) is 1. The molecule has 118 valence electrons. The van der Waals surface area contributed by atoms with Gasteiger partial charge in [-0.25, -0.2) is 4.98 Å². The summed E-state index contributed by atoms with van der Waals surface area (Å²) in [5.41, 5.74) is 8.25. The molecule has 1 aromatic carbocycles. The van der Waals surface area contributed by atoms with Gasteiger partial charge in [0.15, 0.2) is 0 Å². The summed E-state index contributed by atoms with van der Waals surface area (Å²) in [6.45, 7) is 0. The minimum Gasteiger partial charge on any atom is -0.369 e. The number of carbonyl (C=O) groups is 1. The normalized spacial score (nSPS) is 10.3. The Balaban J connectivity index is 2.19. The third-order valence-corrected chi connectivity index (χ3v) is 5.20. The zero-order valence-corrected chi connectivity index (χ0v) is 14.2. The summed E-state index contributed by atoms with van der Waals surface area (Å²) in [6.07, 6.45) is 0. The van der Waals surface area contributed by atoms with Crippen LogP contribution >= 0.6 is 23.1 Å². The highest BCUT2D eigenvalue weighted by molar-refractivity contribution is 8.00. The van der Waals surface area contributed by atoms with Gasteiger partial charge in [0.25, 0.3) is 0 Å². The molecule has 4 nitrogen and oxygen atoms in total. The molecule has 0 saturated carbocycles. The summed E-state index contributed by atoms with van der Waals surface area (Å²) in [4.78, 5) is 16.7. The number of amides is 1. The predicted octanol–water partition coefficient (Wildman–Crippen LogP) is 3.93.